The van der Waals surface area contributed by atoms with Crippen LogP contribution in [0.15, 0.2) is 17.3 Å². The highest BCUT2D eigenvalue weighted by Gasteiger charge is 2.35. The normalized spacial score (nSPS) is 19.1. The molecule has 1 saturated carbocycles. The third-order valence-electron chi connectivity index (χ3n) is 3.93. The minimum absolute atomic E-state index is 0.144. The van der Waals surface area contributed by atoms with E-state index < -0.39 is 10.0 Å². The van der Waals surface area contributed by atoms with Crippen LogP contribution < -0.4 is 4.72 Å². The summed E-state index contributed by atoms with van der Waals surface area (Å²) in [4.78, 5) is 0.213. The smallest absolute Gasteiger partial charge is 0.243 e. The summed E-state index contributed by atoms with van der Waals surface area (Å²) >= 11 is 0. The maximum Gasteiger partial charge on any atom is 0.243 e. The molecule has 6 heteroatoms. The predicted octanol–water partition coefficient (Wildman–Crippen LogP) is 2.29. The van der Waals surface area contributed by atoms with Crippen molar-refractivity contribution in [3.63, 3.8) is 0 Å². The molecule has 1 aliphatic rings. The molecule has 0 bridgehead atoms. The lowest BCUT2D eigenvalue weighted by molar-refractivity contribution is 0.236. The van der Waals surface area contributed by atoms with Crippen LogP contribution in [0, 0.1) is 11.3 Å². The maximum absolute atomic E-state index is 12.1. The number of H-pyrrole nitrogens is 1. The van der Waals surface area contributed by atoms with Crippen LogP contribution in [0.3, 0.4) is 0 Å². The summed E-state index contributed by atoms with van der Waals surface area (Å²) in [5.74, 6) is 0.594. The lowest BCUT2D eigenvalue weighted by Gasteiger charge is -2.31. The van der Waals surface area contributed by atoms with Gasteiger partial charge < -0.3 is 0 Å². The molecule has 1 fully saturated rings. The fourth-order valence-corrected chi connectivity index (χ4v) is 4.22. The Kier molecular flexibility index (Phi) is 4.30. The molecule has 5 nitrogen and oxygen atoms in total. The first kappa shape index (κ1) is 14.5. The largest absolute Gasteiger partial charge is 0.284 e. The molecule has 19 heavy (non-hydrogen) atoms. The fourth-order valence-electron chi connectivity index (χ4n) is 3.16. The van der Waals surface area contributed by atoms with Gasteiger partial charge in [-0.1, -0.05) is 26.7 Å². The Bertz CT molecular complexity index is 488. The van der Waals surface area contributed by atoms with Crippen LogP contribution in [-0.4, -0.2) is 25.2 Å². The van der Waals surface area contributed by atoms with Crippen molar-refractivity contribution in [2.75, 3.05) is 6.54 Å². The zero-order chi connectivity index (χ0) is 13.9. The SMILES string of the molecule is CC(C)CC1(CNS(=O)(=O)c2cn[nH]c2)CCCC1. The van der Waals surface area contributed by atoms with Gasteiger partial charge in [0.15, 0.2) is 0 Å². The average molecular weight is 285 g/mol. The molecule has 1 aliphatic carbocycles. The molecule has 1 heterocycles. The second kappa shape index (κ2) is 5.63. The van der Waals surface area contributed by atoms with Gasteiger partial charge in [0.25, 0.3) is 0 Å². The number of hydrogen-bond donors (Lipinski definition) is 2. The van der Waals surface area contributed by atoms with Gasteiger partial charge in [-0.3, -0.25) is 5.10 Å². The van der Waals surface area contributed by atoms with Crippen LogP contribution in [-0.2, 0) is 10.0 Å². The minimum atomic E-state index is -3.42. The van der Waals surface area contributed by atoms with Crippen LogP contribution in [0.5, 0.6) is 0 Å². The highest BCUT2D eigenvalue weighted by atomic mass is 32.2. The second-order valence-corrected chi connectivity index (χ2v) is 7.83. The van der Waals surface area contributed by atoms with E-state index in [1.807, 2.05) is 0 Å². The highest BCUT2D eigenvalue weighted by molar-refractivity contribution is 7.89. The van der Waals surface area contributed by atoms with Gasteiger partial charge >= 0.3 is 0 Å². The van der Waals surface area contributed by atoms with Crippen molar-refractivity contribution < 1.29 is 8.42 Å². The average Bonchev–Trinajstić information content (AvgIpc) is 2.97. The van der Waals surface area contributed by atoms with Gasteiger partial charge in [-0.25, -0.2) is 13.1 Å². The molecular weight excluding hydrogens is 262 g/mol. The van der Waals surface area contributed by atoms with E-state index in [1.165, 1.54) is 25.2 Å². The number of nitrogens with one attached hydrogen (secondary N) is 2. The first-order chi connectivity index (χ1) is 8.94. The Hall–Kier alpha value is -0.880. The zero-order valence-electron chi connectivity index (χ0n) is 11.6. The van der Waals surface area contributed by atoms with Crippen molar-refractivity contribution in [3.8, 4) is 0 Å². The lowest BCUT2D eigenvalue weighted by atomic mass is 9.79. The van der Waals surface area contributed by atoms with Gasteiger partial charge in [0.1, 0.15) is 4.90 Å². The number of nitrogens with zero attached hydrogens (tertiary/aromatic N) is 1. The second-order valence-electron chi connectivity index (χ2n) is 6.06. The van der Waals surface area contributed by atoms with Crippen LogP contribution >= 0.6 is 0 Å². The van der Waals surface area contributed by atoms with Gasteiger partial charge in [0.2, 0.25) is 10.0 Å². The molecule has 2 N–H and O–H groups in total. The van der Waals surface area contributed by atoms with Crippen molar-refractivity contribution in [1.82, 2.24) is 14.9 Å². The monoisotopic (exact) mass is 285 g/mol. The third kappa shape index (κ3) is 3.57. The minimum Gasteiger partial charge on any atom is -0.284 e. The Morgan fingerprint density at radius 3 is 2.63 bits per heavy atom. The summed E-state index contributed by atoms with van der Waals surface area (Å²) in [7, 11) is -3.42. The van der Waals surface area contributed by atoms with E-state index in [0.717, 1.165) is 19.3 Å². The van der Waals surface area contributed by atoms with Crippen LogP contribution in [0.1, 0.15) is 46.0 Å². The quantitative estimate of drug-likeness (QED) is 0.842. The Morgan fingerprint density at radius 1 is 1.42 bits per heavy atom. The van der Waals surface area contributed by atoms with E-state index in [9.17, 15) is 8.42 Å². The van der Waals surface area contributed by atoms with Gasteiger partial charge in [-0.2, -0.15) is 5.10 Å². The van der Waals surface area contributed by atoms with Gasteiger partial charge in [0.05, 0.1) is 6.20 Å². The summed E-state index contributed by atoms with van der Waals surface area (Å²) in [6.45, 7) is 4.94. The molecular formula is C13H23N3O2S. The zero-order valence-corrected chi connectivity index (χ0v) is 12.5. The summed E-state index contributed by atoms with van der Waals surface area (Å²) in [6.07, 6.45) is 8.50. The van der Waals surface area contributed by atoms with Gasteiger partial charge in [-0.05, 0) is 30.6 Å². The summed E-state index contributed by atoms with van der Waals surface area (Å²) in [5.41, 5.74) is 0.144. The van der Waals surface area contributed by atoms with Crippen molar-refractivity contribution in [1.29, 1.82) is 0 Å². The highest BCUT2D eigenvalue weighted by Crippen LogP contribution is 2.42. The van der Waals surface area contributed by atoms with E-state index in [0.29, 0.717) is 12.5 Å². The third-order valence-corrected chi connectivity index (χ3v) is 5.29. The van der Waals surface area contributed by atoms with E-state index in [1.54, 1.807) is 0 Å². The molecule has 108 valence electrons. The molecule has 2 rings (SSSR count). The van der Waals surface area contributed by atoms with Gasteiger partial charge in [0, 0.05) is 12.7 Å². The molecule has 0 spiro atoms. The van der Waals surface area contributed by atoms with E-state index in [-0.39, 0.29) is 10.3 Å². The van der Waals surface area contributed by atoms with Crippen LogP contribution in [0.2, 0.25) is 0 Å². The molecule has 0 radical (unpaired) electrons. The molecule has 0 unspecified atom stereocenters. The Labute approximate surface area is 115 Å². The summed E-state index contributed by atoms with van der Waals surface area (Å²) in [5, 5.41) is 6.23. The maximum atomic E-state index is 12.1. The van der Waals surface area contributed by atoms with Crippen LogP contribution in [0.25, 0.3) is 0 Å². The molecule has 0 aromatic carbocycles. The summed E-state index contributed by atoms with van der Waals surface area (Å²) < 4.78 is 27.0. The van der Waals surface area contributed by atoms with Crippen molar-refractivity contribution in [2.24, 2.45) is 11.3 Å². The van der Waals surface area contributed by atoms with Crippen LogP contribution in [0.4, 0.5) is 0 Å². The molecule has 0 saturated heterocycles. The first-order valence-corrected chi connectivity index (χ1v) is 8.40. The number of aromatic amines is 1. The Morgan fingerprint density at radius 2 is 2.11 bits per heavy atom. The molecule has 0 aliphatic heterocycles. The number of sulfonamides is 1. The molecule has 0 atom stereocenters. The van der Waals surface area contributed by atoms with Crippen molar-refractivity contribution >= 4 is 10.0 Å². The Balaban J connectivity index is 2.03. The van der Waals surface area contributed by atoms with E-state index in [4.69, 9.17) is 0 Å². The fraction of sp³-hybridized carbons (Fsp3) is 0.769. The standard InChI is InChI=1S/C13H23N3O2S/c1-11(2)7-13(5-3-4-6-13)10-16-19(17,18)12-8-14-15-9-12/h8-9,11,16H,3-7,10H2,1-2H3,(H,14,15). The molecule has 1 aromatic rings. The summed E-state index contributed by atoms with van der Waals surface area (Å²) in [6, 6.07) is 0. The predicted molar refractivity (Wildman–Crippen MR) is 74.1 cm³/mol. The number of hydrogen-bond acceptors (Lipinski definition) is 3. The van der Waals surface area contributed by atoms with Crippen molar-refractivity contribution in [3.05, 3.63) is 12.4 Å². The first-order valence-electron chi connectivity index (χ1n) is 6.92. The van der Waals surface area contributed by atoms with Gasteiger partial charge in [-0.15, -0.1) is 0 Å². The molecule has 0 amide bonds. The topological polar surface area (TPSA) is 74.8 Å². The molecule has 1 aromatic heterocycles. The van der Waals surface area contributed by atoms with Crippen molar-refractivity contribution in [2.45, 2.75) is 50.8 Å². The van der Waals surface area contributed by atoms with E-state index >= 15 is 0 Å². The van der Waals surface area contributed by atoms with E-state index in [2.05, 4.69) is 28.8 Å². The lowest BCUT2D eigenvalue weighted by Crippen LogP contribution is -2.36. The number of rotatable bonds is 6. The number of aromatic nitrogens is 2.